The quantitative estimate of drug-likeness (QED) is 0.652. The minimum absolute atomic E-state index is 0.442. The Kier molecular flexibility index (Phi) is 5.85. The Morgan fingerprint density at radius 3 is 2.11 bits per heavy atom. The molecular weight excluding hydrogens is 249 g/mol. The molecule has 108 valence electrons. The van der Waals surface area contributed by atoms with Crippen molar-refractivity contribution in [2.75, 3.05) is 0 Å². The van der Waals surface area contributed by atoms with Crippen molar-refractivity contribution in [1.29, 1.82) is 0 Å². The maximum atomic E-state index is 11.8. The van der Waals surface area contributed by atoms with Crippen molar-refractivity contribution in [2.45, 2.75) is 76.4 Å². The fourth-order valence-electron chi connectivity index (χ4n) is 3.17. The van der Waals surface area contributed by atoms with Gasteiger partial charge in [0, 0.05) is 5.54 Å². The largest absolute Gasteiger partial charge is 0.330 e. The number of nitrogens with two attached hydrogens (primary N) is 1. The minimum atomic E-state index is -4.12. The van der Waals surface area contributed by atoms with E-state index in [1.165, 1.54) is 19.3 Å². The SMILES string of the molecule is CCC(N)(CC)C(CC1CCCCC1)P(=O)(O)O. The summed E-state index contributed by atoms with van der Waals surface area (Å²) in [5, 5.41) is 0. The van der Waals surface area contributed by atoms with Gasteiger partial charge < -0.3 is 15.5 Å². The molecule has 0 aliphatic heterocycles. The Bertz CT molecular complexity index is 293. The first-order chi connectivity index (χ1) is 8.33. The van der Waals surface area contributed by atoms with Crippen molar-refractivity contribution in [3.8, 4) is 0 Å². The Morgan fingerprint density at radius 2 is 1.72 bits per heavy atom. The third kappa shape index (κ3) is 4.06. The first-order valence-corrected chi connectivity index (χ1v) is 8.85. The fraction of sp³-hybridized carbons (Fsp3) is 1.00. The molecule has 1 unspecified atom stereocenters. The van der Waals surface area contributed by atoms with Crippen LogP contribution in [0, 0.1) is 5.92 Å². The van der Waals surface area contributed by atoms with Crippen LogP contribution in [0.1, 0.15) is 65.2 Å². The van der Waals surface area contributed by atoms with Crippen LogP contribution in [0.4, 0.5) is 0 Å². The molecule has 0 bridgehead atoms. The summed E-state index contributed by atoms with van der Waals surface area (Å²) in [4.78, 5) is 19.3. The monoisotopic (exact) mass is 277 g/mol. The van der Waals surface area contributed by atoms with Gasteiger partial charge in [-0.15, -0.1) is 0 Å². The first-order valence-electron chi connectivity index (χ1n) is 7.17. The lowest BCUT2D eigenvalue weighted by Crippen LogP contribution is -2.50. The molecule has 0 heterocycles. The molecule has 0 amide bonds. The van der Waals surface area contributed by atoms with Crippen molar-refractivity contribution < 1.29 is 14.4 Å². The van der Waals surface area contributed by atoms with Crippen LogP contribution in [0.15, 0.2) is 0 Å². The lowest BCUT2D eigenvalue weighted by molar-refractivity contribution is 0.246. The van der Waals surface area contributed by atoms with Gasteiger partial charge in [-0.1, -0.05) is 46.0 Å². The third-order valence-electron chi connectivity index (χ3n) is 4.67. The molecule has 0 aromatic carbocycles. The maximum Gasteiger partial charge on any atom is 0.330 e. The average molecular weight is 277 g/mol. The van der Waals surface area contributed by atoms with Gasteiger partial charge in [0.05, 0.1) is 5.66 Å². The highest BCUT2D eigenvalue weighted by Gasteiger charge is 2.44. The molecule has 0 saturated heterocycles. The predicted molar refractivity (Wildman–Crippen MR) is 74.5 cm³/mol. The maximum absolute atomic E-state index is 11.8. The summed E-state index contributed by atoms with van der Waals surface area (Å²) in [6, 6.07) is 0. The van der Waals surface area contributed by atoms with Crippen molar-refractivity contribution in [2.24, 2.45) is 11.7 Å². The standard InChI is InChI=1S/C13H28NO3P/c1-3-13(14,4-2)12(18(15,16)17)10-11-8-6-5-7-9-11/h11-12H,3-10,14H2,1-2H3,(H2,15,16,17). The molecule has 1 atom stereocenters. The van der Waals surface area contributed by atoms with E-state index >= 15 is 0 Å². The molecule has 1 fully saturated rings. The summed E-state index contributed by atoms with van der Waals surface area (Å²) in [7, 11) is -4.12. The van der Waals surface area contributed by atoms with Gasteiger partial charge in [-0.3, -0.25) is 4.57 Å². The Morgan fingerprint density at radius 1 is 1.22 bits per heavy atom. The smallest absolute Gasteiger partial charge is 0.324 e. The van der Waals surface area contributed by atoms with E-state index in [2.05, 4.69) is 0 Å². The van der Waals surface area contributed by atoms with E-state index in [0.717, 1.165) is 12.8 Å². The van der Waals surface area contributed by atoms with Crippen LogP contribution in [0.25, 0.3) is 0 Å². The summed E-state index contributed by atoms with van der Waals surface area (Å²) in [5.41, 5.74) is 4.85. The zero-order chi connectivity index (χ0) is 13.8. The van der Waals surface area contributed by atoms with Crippen LogP contribution < -0.4 is 5.73 Å². The van der Waals surface area contributed by atoms with E-state index in [9.17, 15) is 14.4 Å². The Hall–Kier alpha value is 0.110. The molecule has 0 radical (unpaired) electrons. The van der Waals surface area contributed by atoms with E-state index in [1.807, 2.05) is 13.8 Å². The second-order valence-corrected chi connectivity index (χ2v) is 7.59. The molecule has 1 rings (SSSR count). The summed E-state index contributed by atoms with van der Waals surface area (Å²) >= 11 is 0. The van der Waals surface area contributed by atoms with Gasteiger partial charge in [0.15, 0.2) is 0 Å². The topological polar surface area (TPSA) is 83.6 Å². The van der Waals surface area contributed by atoms with Gasteiger partial charge in [0.1, 0.15) is 0 Å². The van der Waals surface area contributed by atoms with Crippen LogP contribution in [0.5, 0.6) is 0 Å². The molecule has 1 aliphatic rings. The van der Waals surface area contributed by atoms with Crippen molar-refractivity contribution in [1.82, 2.24) is 0 Å². The van der Waals surface area contributed by atoms with E-state index in [1.54, 1.807) is 0 Å². The van der Waals surface area contributed by atoms with Crippen LogP contribution in [0.3, 0.4) is 0 Å². The van der Waals surface area contributed by atoms with E-state index in [-0.39, 0.29) is 0 Å². The highest BCUT2D eigenvalue weighted by molar-refractivity contribution is 7.52. The molecule has 18 heavy (non-hydrogen) atoms. The van der Waals surface area contributed by atoms with Crippen LogP contribution in [0.2, 0.25) is 0 Å². The van der Waals surface area contributed by atoms with Crippen molar-refractivity contribution >= 4 is 7.60 Å². The third-order valence-corrected chi connectivity index (χ3v) is 6.20. The predicted octanol–water partition coefficient (Wildman–Crippen LogP) is 3.02. The minimum Gasteiger partial charge on any atom is -0.324 e. The van der Waals surface area contributed by atoms with Crippen LogP contribution >= 0.6 is 7.60 Å². The molecular formula is C13H28NO3P. The normalized spacial score (nSPS) is 20.9. The van der Waals surface area contributed by atoms with E-state index in [4.69, 9.17) is 5.73 Å². The van der Waals surface area contributed by atoms with Crippen LogP contribution in [-0.4, -0.2) is 21.0 Å². The zero-order valence-corrected chi connectivity index (χ0v) is 12.5. The lowest BCUT2D eigenvalue weighted by Gasteiger charge is -2.38. The van der Waals surface area contributed by atoms with Gasteiger partial charge in [-0.2, -0.15) is 0 Å². The molecule has 1 aliphatic carbocycles. The molecule has 4 nitrogen and oxygen atoms in total. The van der Waals surface area contributed by atoms with E-state index in [0.29, 0.717) is 25.2 Å². The summed E-state index contributed by atoms with van der Waals surface area (Å²) in [6.07, 6.45) is 7.65. The molecule has 4 N–H and O–H groups in total. The second-order valence-electron chi connectivity index (χ2n) is 5.78. The summed E-state index contributed by atoms with van der Waals surface area (Å²) in [5.74, 6) is 0.442. The summed E-state index contributed by atoms with van der Waals surface area (Å²) in [6.45, 7) is 3.85. The zero-order valence-electron chi connectivity index (χ0n) is 11.6. The Labute approximate surface area is 111 Å². The Balaban J connectivity index is 2.81. The van der Waals surface area contributed by atoms with Gasteiger partial charge >= 0.3 is 7.60 Å². The average Bonchev–Trinajstić information content (AvgIpc) is 2.35. The highest BCUT2D eigenvalue weighted by Crippen LogP contribution is 2.51. The van der Waals surface area contributed by atoms with Gasteiger partial charge in [-0.25, -0.2) is 0 Å². The highest BCUT2D eigenvalue weighted by atomic mass is 31.2. The number of rotatable bonds is 6. The molecule has 0 aromatic heterocycles. The molecule has 5 heteroatoms. The number of hydrogen-bond acceptors (Lipinski definition) is 2. The first kappa shape index (κ1) is 16.2. The van der Waals surface area contributed by atoms with Gasteiger partial charge in [0.2, 0.25) is 0 Å². The van der Waals surface area contributed by atoms with Gasteiger partial charge in [0.25, 0.3) is 0 Å². The van der Waals surface area contributed by atoms with Crippen molar-refractivity contribution in [3.05, 3.63) is 0 Å². The van der Waals surface area contributed by atoms with Gasteiger partial charge in [-0.05, 0) is 25.2 Å². The van der Waals surface area contributed by atoms with Crippen LogP contribution in [-0.2, 0) is 4.57 Å². The molecule has 0 aromatic rings. The molecule has 0 spiro atoms. The lowest BCUT2D eigenvalue weighted by atomic mass is 9.80. The van der Waals surface area contributed by atoms with Crippen molar-refractivity contribution in [3.63, 3.8) is 0 Å². The second kappa shape index (κ2) is 6.51. The molecule has 1 saturated carbocycles. The fourth-order valence-corrected chi connectivity index (χ4v) is 4.77. The number of hydrogen-bond donors (Lipinski definition) is 3. The summed E-state index contributed by atoms with van der Waals surface area (Å²) < 4.78 is 11.8. The van der Waals surface area contributed by atoms with E-state index < -0.39 is 18.8 Å².